The van der Waals surface area contributed by atoms with Gasteiger partial charge in [0.1, 0.15) is 5.58 Å². The highest BCUT2D eigenvalue weighted by Gasteiger charge is 2.33. The molecule has 1 aromatic carbocycles. The third-order valence-electron chi connectivity index (χ3n) is 5.05. The molecule has 24 heavy (non-hydrogen) atoms. The Hall–Kier alpha value is -1.85. The third-order valence-corrected chi connectivity index (χ3v) is 5.05. The third kappa shape index (κ3) is 2.82. The standard InChI is InChI=1S/C19H25NO4/c1-5-20(15-9-23-10-16(15)21)17(22)7-14-8-24-19-13(4)11(2)6-12(3)18(14)19/h6,8,15-16,21H,5,7,9-10H2,1-4H3/t15-,16-/m0/s1. The number of fused-ring (bicyclic) bond motifs is 1. The second-order valence-corrected chi connectivity index (χ2v) is 6.63. The van der Waals surface area contributed by atoms with Crippen molar-refractivity contribution in [3.63, 3.8) is 0 Å². The lowest BCUT2D eigenvalue weighted by molar-refractivity contribution is -0.134. The highest BCUT2D eigenvalue weighted by atomic mass is 16.5. The first kappa shape index (κ1) is 17.0. The van der Waals surface area contributed by atoms with Crippen LogP contribution in [-0.2, 0) is 16.0 Å². The normalized spacial score (nSPS) is 20.7. The maximum absolute atomic E-state index is 12.8. The summed E-state index contributed by atoms with van der Waals surface area (Å²) in [6.45, 7) is 9.31. The van der Waals surface area contributed by atoms with Crippen molar-refractivity contribution in [2.45, 2.75) is 46.3 Å². The number of aliphatic hydroxyl groups is 1. The fourth-order valence-corrected chi connectivity index (χ4v) is 3.61. The van der Waals surface area contributed by atoms with E-state index in [1.807, 2.05) is 20.8 Å². The van der Waals surface area contributed by atoms with Crippen LogP contribution in [0, 0.1) is 20.8 Å². The van der Waals surface area contributed by atoms with Gasteiger partial charge in [-0.25, -0.2) is 0 Å². The van der Waals surface area contributed by atoms with Crippen molar-refractivity contribution in [2.24, 2.45) is 0 Å². The van der Waals surface area contributed by atoms with E-state index in [0.717, 1.165) is 27.7 Å². The van der Waals surface area contributed by atoms with Gasteiger partial charge in [0.05, 0.1) is 38.0 Å². The summed E-state index contributed by atoms with van der Waals surface area (Å²) in [6.07, 6.45) is 1.35. The van der Waals surface area contributed by atoms with Crippen molar-refractivity contribution >= 4 is 16.9 Å². The van der Waals surface area contributed by atoms with E-state index in [9.17, 15) is 9.90 Å². The van der Waals surface area contributed by atoms with Gasteiger partial charge in [0.15, 0.2) is 0 Å². The van der Waals surface area contributed by atoms with Crippen LogP contribution in [0.15, 0.2) is 16.7 Å². The monoisotopic (exact) mass is 331 g/mol. The van der Waals surface area contributed by atoms with E-state index in [-0.39, 0.29) is 18.4 Å². The largest absolute Gasteiger partial charge is 0.464 e. The van der Waals surface area contributed by atoms with Crippen LogP contribution in [-0.4, -0.2) is 47.8 Å². The Morgan fingerprint density at radius 2 is 2.04 bits per heavy atom. The van der Waals surface area contributed by atoms with E-state index in [1.54, 1.807) is 11.2 Å². The van der Waals surface area contributed by atoms with E-state index in [0.29, 0.717) is 19.8 Å². The molecule has 0 unspecified atom stereocenters. The summed E-state index contributed by atoms with van der Waals surface area (Å²) >= 11 is 0. The van der Waals surface area contributed by atoms with Crippen LogP contribution in [0.3, 0.4) is 0 Å². The van der Waals surface area contributed by atoms with Gasteiger partial charge in [-0.15, -0.1) is 0 Å². The van der Waals surface area contributed by atoms with Crippen molar-refractivity contribution in [2.75, 3.05) is 19.8 Å². The molecule has 0 saturated carbocycles. The zero-order valence-electron chi connectivity index (χ0n) is 14.8. The predicted molar refractivity (Wildman–Crippen MR) is 92.1 cm³/mol. The predicted octanol–water partition coefficient (Wildman–Crippen LogP) is 2.51. The summed E-state index contributed by atoms with van der Waals surface area (Å²) in [4.78, 5) is 14.5. The van der Waals surface area contributed by atoms with Gasteiger partial charge in [-0.1, -0.05) is 6.07 Å². The number of rotatable bonds is 4. The maximum Gasteiger partial charge on any atom is 0.227 e. The topological polar surface area (TPSA) is 62.9 Å². The summed E-state index contributed by atoms with van der Waals surface area (Å²) in [7, 11) is 0. The first-order chi connectivity index (χ1) is 11.4. The van der Waals surface area contributed by atoms with E-state index in [1.165, 1.54) is 5.56 Å². The van der Waals surface area contributed by atoms with Gasteiger partial charge < -0.3 is 19.2 Å². The van der Waals surface area contributed by atoms with Crippen LogP contribution in [0.5, 0.6) is 0 Å². The molecule has 0 spiro atoms. The number of ether oxygens (including phenoxy) is 1. The van der Waals surface area contributed by atoms with Crippen molar-refractivity contribution in [3.05, 3.63) is 34.6 Å². The van der Waals surface area contributed by atoms with Gasteiger partial charge in [0.2, 0.25) is 5.91 Å². The second kappa shape index (κ2) is 6.57. The highest BCUT2D eigenvalue weighted by molar-refractivity contribution is 5.92. The van der Waals surface area contributed by atoms with Gasteiger partial charge in [0, 0.05) is 17.5 Å². The molecule has 1 aromatic heterocycles. The van der Waals surface area contributed by atoms with E-state index in [4.69, 9.17) is 9.15 Å². The number of carbonyl (C=O) groups is 1. The molecule has 1 aliphatic heterocycles. The maximum atomic E-state index is 12.8. The number of benzene rings is 1. The summed E-state index contributed by atoms with van der Waals surface area (Å²) in [5, 5.41) is 11.0. The minimum absolute atomic E-state index is 0.00706. The molecule has 2 atom stereocenters. The number of nitrogens with zero attached hydrogens (tertiary/aromatic N) is 1. The van der Waals surface area contributed by atoms with Crippen molar-refractivity contribution in [3.8, 4) is 0 Å². The van der Waals surface area contributed by atoms with Gasteiger partial charge in [0.25, 0.3) is 0 Å². The Bertz CT molecular complexity index is 764. The average molecular weight is 331 g/mol. The number of likely N-dealkylation sites (N-methyl/N-ethyl adjacent to an activating group) is 1. The SMILES string of the molecule is CCN(C(=O)Cc1coc2c(C)c(C)cc(C)c12)[C@H]1COC[C@@H]1O. The Balaban J connectivity index is 1.89. The van der Waals surface area contributed by atoms with Crippen LogP contribution in [0.4, 0.5) is 0 Å². The molecule has 3 rings (SSSR count). The zero-order valence-corrected chi connectivity index (χ0v) is 14.8. The summed E-state index contributed by atoms with van der Waals surface area (Å²) in [6, 6.07) is 1.87. The zero-order chi connectivity index (χ0) is 17.4. The smallest absolute Gasteiger partial charge is 0.227 e. The Morgan fingerprint density at radius 3 is 2.67 bits per heavy atom. The number of amides is 1. The van der Waals surface area contributed by atoms with Gasteiger partial charge in [-0.05, 0) is 44.4 Å². The summed E-state index contributed by atoms with van der Waals surface area (Å²) in [5.41, 5.74) is 5.19. The molecule has 0 aliphatic carbocycles. The summed E-state index contributed by atoms with van der Waals surface area (Å²) in [5.74, 6) is -0.00706. The molecule has 0 bridgehead atoms. The van der Waals surface area contributed by atoms with Crippen molar-refractivity contribution in [1.82, 2.24) is 4.90 Å². The van der Waals surface area contributed by atoms with Gasteiger partial charge >= 0.3 is 0 Å². The number of hydrogen-bond donors (Lipinski definition) is 1. The number of hydrogen-bond acceptors (Lipinski definition) is 4. The minimum Gasteiger partial charge on any atom is -0.464 e. The lowest BCUT2D eigenvalue weighted by atomic mass is 9.98. The summed E-state index contributed by atoms with van der Waals surface area (Å²) < 4.78 is 11.1. The Labute approximate surface area is 142 Å². The molecule has 1 N–H and O–H groups in total. The van der Waals surface area contributed by atoms with Gasteiger partial charge in [-0.2, -0.15) is 0 Å². The lowest BCUT2D eigenvalue weighted by Gasteiger charge is -2.28. The first-order valence-electron chi connectivity index (χ1n) is 8.46. The Morgan fingerprint density at radius 1 is 1.29 bits per heavy atom. The highest BCUT2D eigenvalue weighted by Crippen LogP contribution is 2.30. The minimum atomic E-state index is -0.610. The fraction of sp³-hybridized carbons (Fsp3) is 0.526. The number of carbonyl (C=O) groups excluding carboxylic acids is 1. The van der Waals surface area contributed by atoms with E-state index < -0.39 is 6.10 Å². The molecule has 5 nitrogen and oxygen atoms in total. The molecule has 1 aliphatic rings. The van der Waals surface area contributed by atoms with Crippen LogP contribution in [0.1, 0.15) is 29.2 Å². The first-order valence-corrected chi connectivity index (χ1v) is 8.46. The van der Waals surface area contributed by atoms with Gasteiger partial charge in [-0.3, -0.25) is 4.79 Å². The van der Waals surface area contributed by atoms with Crippen LogP contribution in [0.25, 0.3) is 11.0 Å². The number of furan rings is 1. The van der Waals surface area contributed by atoms with Crippen LogP contribution >= 0.6 is 0 Å². The molecule has 5 heteroatoms. The molecule has 2 heterocycles. The molecule has 130 valence electrons. The molecule has 0 radical (unpaired) electrons. The Kier molecular flexibility index (Phi) is 4.65. The molecular weight excluding hydrogens is 306 g/mol. The average Bonchev–Trinajstić information content (AvgIpc) is 3.13. The molecule has 2 aromatic rings. The van der Waals surface area contributed by atoms with Crippen molar-refractivity contribution in [1.29, 1.82) is 0 Å². The van der Waals surface area contributed by atoms with Crippen LogP contribution < -0.4 is 0 Å². The fourth-order valence-electron chi connectivity index (χ4n) is 3.61. The second-order valence-electron chi connectivity index (χ2n) is 6.63. The molecule has 1 saturated heterocycles. The molecule has 1 fully saturated rings. The van der Waals surface area contributed by atoms with E-state index in [2.05, 4.69) is 13.0 Å². The van der Waals surface area contributed by atoms with Crippen LogP contribution in [0.2, 0.25) is 0 Å². The molecule has 1 amide bonds. The number of aliphatic hydroxyl groups excluding tert-OH is 1. The lowest BCUT2D eigenvalue weighted by Crippen LogP contribution is -2.47. The molecular formula is C19H25NO4. The van der Waals surface area contributed by atoms with Crippen molar-refractivity contribution < 1.29 is 19.1 Å². The quantitative estimate of drug-likeness (QED) is 0.935. The number of aryl methyl sites for hydroxylation is 3. The van der Waals surface area contributed by atoms with E-state index >= 15 is 0 Å².